The van der Waals surface area contributed by atoms with Crippen molar-refractivity contribution in [3.8, 4) is 5.75 Å². The number of esters is 5. The topological polar surface area (TPSA) is 192 Å². The van der Waals surface area contributed by atoms with Crippen molar-refractivity contribution in [2.24, 2.45) is 23.7 Å². The number of aromatic nitrogens is 1. The number of nitrogens with zero attached hydrogens (tertiary/aromatic N) is 1. The maximum absolute atomic E-state index is 13.9. The molecule has 1 saturated heterocycles. The minimum atomic E-state index is -1.61. The van der Waals surface area contributed by atoms with Crippen LogP contribution in [0.5, 0.6) is 5.75 Å². The fourth-order valence-electron chi connectivity index (χ4n) is 4.63. The molecule has 1 aromatic heterocycles. The molecule has 1 N–H and O–H groups in total. The second-order valence-electron chi connectivity index (χ2n) is 12.6. The van der Waals surface area contributed by atoms with E-state index in [1.165, 1.54) is 13.1 Å². The predicted octanol–water partition coefficient (Wildman–Crippen LogP) is 2.55. The summed E-state index contributed by atoms with van der Waals surface area (Å²) in [6.45, 7) is 9.10. The fourth-order valence-corrected chi connectivity index (χ4v) is 4.63. The highest BCUT2D eigenvalue weighted by Gasteiger charge is 2.42. The van der Waals surface area contributed by atoms with Gasteiger partial charge in [-0.15, -0.1) is 0 Å². The van der Waals surface area contributed by atoms with Crippen LogP contribution in [0, 0.1) is 23.7 Å². The van der Waals surface area contributed by atoms with Gasteiger partial charge < -0.3 is 38.3 Å². The van der Waals surface area contributed by atoms with E-state index in [-0.39, 0.29) is 6.42 Å². The molecule has 0 radical (unpaired) electrons. The Balaban J connectivity index is 1.96. The summed E-state index contributed by atoms with van der Waals surface area (Å²) in [5.74, 6) is -8.04. The molecule has 272 valence electrons. The van der Waals surface area contributed by atoms with Crippen molar-refractivity contribution in [2.45, 2.75) is 79.9 Å². The van der Waals surface area contributed by atoms with Gasteiger partial charge in [-0.1, -0.05) is 71.9 Å². The molecule has 0 unspecified atom stereocenters. The van der Waals surface area contributed by atoms with Crippen LogP contribution in [0.15, 0.2) is 47.4 Å². The van der Waals surface area contributed by atoms with Crippen molar-refractivity contribution in [1.29, 1.82) is 0 Å². The minimum Gasteiger partial charge on any atom is -0.463 e. The summed E-state index contributed by atoms with van der Waals surface area (Å²) < 4.78 is 33.6. The highest BCUT2D eigenvalue weighted by Crippen LogP contribution is 2.25. The number of rotatable bonds is 13. The van der Waals surface area contributed by atoms with Crippen LogP contribution < -0.4 is 15.5 Å². The molecule has 1 aliphatic heterocycles. The lowest BCUT2D eigenvalue weighted by Crippen LogP contribution is -2.47. The van der Waals surface area contributed by atoms with E-state index in [9.17, 15) is 33.6 Å². The first kappa shape index (κ1) is 39.2. The Morgan fingerprint density at radius 2 is 1.48 bits per heavy atom. The number of cyclic esters (lactones) is 2. The minimum absolute atomic E-state index is 0.0854. The molecular weight excluding hydrogens is 656 g/mol. The maximum Gasteiger partial charge on any atom is 0.332 e. The molecule has 1 fully saturated rings. The molecule has 15 heteroatoms. The van der Waals surface area contributed by atoms with Gasteiger partial charge in [-0.05, 0) is 18.9 Å². The van der Waals surface area contributed by atoms with E-state index in [0.717, 1.165) is 16.2 Å². The third-order valence-electron chi connectivity index (χ3n) is 7.51. The van der Waals surface area contributed by atoms with Gasteiger partial charge >= 0.3 is 29.8 Å². The zero-order valence-corrected chi connectivity index (χ0v) is 29.2. The summed E-state index contributed by atoms with van der Waals surface area (Å²) in [5, 5.41) is 2.41. The lowest BCUT2D eigenvalue weighted by atomic mass is 9.91. The van der Waals surface area contributed by atoms with Gasteiger partial charge in [-0.25, -0.2) is 4.79 Å². The molecular formula is C35H44N2O13. The Labute approximate surface area is 289 Å². The van der Waals surface area contributed by atoms with Crippen LogP contribution in [0.4, 0.5) is 0 Å². The molecule has 3 rings (SSSR count). The first-order valence-corrected chi connectivity index (χ1v) is 16.2. The van der Waals surface area contributed by atoms with E-state index in [0.29, 0.717) is 0 Å². The molecule has 0 aliphatic carbocycles. The zero-order valence-electron chi connectivity index (χ0n) is 29.2. The number of carbonyl (C=O) groups excluding carboxylic acids is 6. The van der Waals surface area contributed by atoms with Gasteiger partial charge in [0.15, 0.2) is 30.3 Å². The van der Waals surface area contributed by atoms with Crippen LogP contribution in [-0.2, 0) is 60.8 Å². The Kier molecular flexibility index (Phi) is 14.1. The third-order valence-corrected chi connectivity index (χ3v) is 7.51. The van der Waals surface area contributed by atoms with Crippen molar-refractivity contribution in [1.82, 2.24) is 9.88 Å². The number of nitrogens with one attached hydrogen (secondary N) is 1. The summed E-state index contributed by atoms with van der Waals surface area (Å²) in [6.07, 6.45) is -1.14. The second-order valence-corrected chi connectivity index (χ2v) is 12.6. The Bertz CT molecular complexity index is 1600. The molecule has 1 amide bonds. The Morgan fingerprint density at radius 1 is 0.860 bits per heavy atom. The molecule has 1 aromatic carbocycles. The molecule has 2 aromatic rings. The van der Waals surface area contributed by atoms with Crippen molar-refractivity contribution in [3.05, 3.63) is 64.1 Å². The zero-order chi connectivity index (χ0) is 37.1. The van der Waals surface area contributed by atoms with Crippen molar-refractivity contribution < 1.29 is 57.2 Å². The number of pyridine rings is 1. The lowest BCUT2D eigenvalue weighted by Gasteiger charge is -2.29. The van der Waals surface area contributed by atoms with E-state index < -0.39 is 115 Å². The molecule has 0 saturated carbocycles. The number of benzene rings is 1. The molecule has 0 spiro atoms. The van der Waals surface area contributed by atoms with Crippen LogP contribution in [0.25, 0.3) is 0 Å². The summed E-state index contributed by atoms with van der Waals surface area (Å²) in [6, 6.07) is 8.35. The summed E-state index contributed by atoms with van der Waals surface area (Å²) in [5.41, 5.74) is -0.556. The van der Waals surface area contributed by atoms with Crippen LogP contribution in [-0.4, -0.2) is 72.0 Å². The van der Waals surface area contributed by atoms with Crippen LogP contribution in [0.1, 0.15) is 64.5 Å². The van der Waals surface area contributed by atoms with Gasteiger partial charge in [0.25, 0.3) is 5.91 Å². The van der Waals surface area contributed by atoms with Gasteiger partial charge in [0, 0.05) is 12.3 Å². The van der Waals surface area contributed by atoms with E-state index in [1.54, 1.807) is 71.9 Å². The van der Waals surface area contributed by atoms with Gasteiger partial charge in [0.1, 0.15) is 18.6 Å². The van der Waals surface area contributed by atoms with E-state index in [1.807, 2.05) is 0 Å². The predicted molar refractivity (Wildman–Crippen MR) is 174 cm³/mol. The van der Waals surface area contributed by atoms with Crippen LogP contribution in [0.2, 0.25) is 0 Å². The first-order chi connectivity index (χ1) is 23.6. The molecule has 50 heavy (non-hydrogen) atoms. The van der Waals surface area contributed by atoms with E-state index in [2.05, 4.69) is 5.32 Å². The van der Waals surface area contributed by atoms with Crippen molar-refractivity contribution >= 4 is 35.8 Å². The van der Waals surface area contributed by atoms with Crippen LogP contribution in [0.3, 0.4) is 0 Å². The van der Waals surface area contributed by atoms with Crippen molar-refractivity contribution in [3.63, 3.8) is 0 Å². The quantitative estimate of drug-likeness (QED) is 0.182. The second kappa shape index (κ2) is 18.0. The molecule has 0 bridgehead atoms. The average Bonchev–Trinajstić information content (AvgIpc) is 3.10. The van der Waals surface area contributed by atoms with Crippen LogP contribution >= 0.6 is 0 Å². The largest absolute Gasteiger partial charge is 0.463 e. The summed E-state index contributed by atoms with van der Waals surface area (Å²) >= 11 is 0. The highest BCUT2D eigenvalue weighted by molar-refractivity contribution is 5.98. The molecule has 2 heterocycles. The summed E-state index contributed by atoms with van der Waals surface area (Å²) in [7, 11) is 0. The molecule has 1 aliphatic rings. The smallest absolute Gasteiger partial charge is 0.332 e. The van der Waals surface area contributed by atoms with Crippen molar-refractivity contribution in [2.75, 3.05) is 13.4 Å². The number of hydrogen-bond donors (Lipinski definition) is 1. The van der Waals surface area contributed by atoms with Gasteiger partial charge in [0.2, 0.25) is 12.2 Å². The highest BCUT2D eigenvalue weighted by atomic mass is 16.7. The Morgan fingerprint density at radius 3 is 2.10 bits per heavy atom. The van der Waals surface area contributed by atoms with Gasteiger partial charge in [-0.2, -0.15) is 0 Å². The van der Waals surface area contributed by atoms with E-state index >= 15 is 0 Å². The standard InChI is InChI=1S/C35H44N2O13/c1-19(2)31(40)46-17-37-14-13-26(38)29(47-18-48-32(41)20(3)4)27(37)30(39)36-25-16-45-34(43)24(15-23-11-9-8-10-12-23)28(22(7)49-35(25)44)50-33(42)21(5)6/h8-14,19-22,24-25,28H,15-18H2,1-7H3,(H,36,39)/t22-,24+,25-,28-/m0/s1. The SMILES string of the molecule is CC(C)C(=O)OCOc1c(C(=O)N[C@H]2COC(=O)[C@H](Cc3ccccc3)[C@@H](OC(=O)C(C)C)[C@H](C)OC2=O)n(COC(=O)C(C)C)ccc1=O. The van der Waals surface area contributed by atoms with E-state index in [4.69, 9.17) is 28.4 Å². The van der Waals surface area contributed by atoms with Gasteiger partial charge in [-0.3, -0.25) is 28.8 Å². The number of ether oxygens (including phenoxy) is 6. The maximum atomic E-state index is 13.9. The van der Waals surface area contributed by atoms with Gasteiger partial charge in [0.05, 0.1) is 17.8 Å². The third kappa shape index (κ3) is 10.6. The Hall–Kier alpha value is -5.21. The number of carbonyl (C=O) groups is 6. The monoisotopic (exact) mass is 700 g/mol. The molecule has 15 nitrogen and oxygen atoms in total. The fraction of sp³-hybridized carbons (Fsp3) is 0.514. The number of amides is 1. The lowest BCUT2D eigenvalue weighted by molar-refractivity contribution is -0.176. The summed E-state index contributed by atoms with van der Waals surface area (Å²) in [4.78, 5) is 90.7. The normalized spacial score (nSPS) is 19.4. The molecule has 4 atom stereocenters. The average molecular weight is 701 g/mol. The first-order valence-electron chi connectivity index (χ1n) is 16.2. The number of hydrogen-bond acceptors (Lipinski definition) is 13.